The predicted molar refractivity (Wildman–Crippen MR) is 124 cm³/mol. The lowest BCUT2D eigenvalue weighted by atomic mass is 9.99. The molecule has 0 heterocycles. The van der Waals surface area contributed by atoms with Gasteiger partial charge in [-0.25, -0.2) is 0 Å². The van der Waals surface area contributed by atoms with Gasteiger partial charge in [0.1, 0.15) is 0 Å². The number of carbonyl (C=O) groups is 1. The summed E-state index contributed by atoms with van der Waals surface area (Å²) >= 11 is 1.81. The van der Waals surface area contributed by atoms with Gasteiger partial charge in [-0.15, -0.1) is 11.8 Å². The summed E-state index contributed by atoms with van der Waals surface area (Å²) in [6, 6.07) is 23.0. The second-order valence-corrected chi connectivity index (χ2v) is 8.63. The molecular formula is C26H29NOS. The van der Waals surface area contributed by atoms with Crippen LogP contribution in [0.25, 0.3) is 0 Å². The molecule has 0 aliphatic rings. The van der Waals surface area contributed by atoms with Crippen molar-refractivity contribution in [3.8, 4) is 0 Å². The Hall–Kier alpha value is -2.52. The lowest BCUT2D eigenvalue weighted by Crippen LogP contribution is -2.28. The lowest BCUT2D eigenvalue weighted by Gasteiger charge is -2.19. The Morgan fingerprint density at radius 2 is 1.59 bits per heavy atom. The highest BCUT2D eigenvalue weighted by Crippen LogP contribution is 2.24. The van der Waals surface area contributed by atoms with Crippen LogP contribution in [0.5, 0.6) is 0 Å². The molecule has 2 nitrogen and oxygen atoms in total. The topological polar surface area (TPSA) is 29.1 Å². The van der Waals surface area contributed by atoms with Gasteiger partial charge in [0.05, 0.1) is 6.04 Å². The van der Waals surface area contributed by atoms with Gasteiger partial charge in [0.25, 0.3) is 5.91 Å². The van der Waals surface area contributed by atoms with E-state index < -0.39 is 0 Å². The minimum Gasteiger partial charge on any atom is -0.345 e. The molecule has 3 heteroatoms. The first kappa shape index (κ1) is 21.2. The van der Waals surface area contributed by atoms with E-state index in [-0.39, 0.29) is 11.9 Å². The minimum atomic E-state index is -0.0205. The van der Waals surface area contributed by atoms with Crippen molar-refractivity contribution in [2.24, 2.45) is 0 Å². The fourth-order valence-electron chi connectivity index (χ4n) is 3.20. The van der Waals surface area contributed by atoms with Crippen molar-refractivity contribution in [2.45, 2.75) is 50.8 Å². The summed E-state index contributed by atoms with van der Waals surface area (Å²) < 4.78 is 0. The molecule has 1 unspecified atom stereocenters. The second kappa shape index (κ2) is 9.80. The number of amides is 1. The molecule has 0 saturated heterocycles. The van der Waals surface area contributed by atoms with Crippen LogP contribution in [0, 0.1) is 20.8 Å². The van der Waals surface area contributed by atoms with Crippen molar-refractivity contribution in [3.63, 3.8) is 0 Å². The van der Waals surface area contributed by atoms with Crippen LogP contribution in [0.3, 0.4) is 0 Å². The van der Waals surface area contributed by atoms with Crippen molar-refractivity contribution in [2.75, 3.05) is 0 Å². The molecule has 1 atom stereocenters. The number of carbonyl (C=O) groups excluding carboxylic acids is 1. The van der Waals surface area contributed by atoms with Crippen molar-refractivity contribution in [1.82, 2.24) is 5.32 Å². The van der Waals surface area contributed by atoms with E-state index in [1.807, 2.05) is 36.0 Å². The van der Waals surface area contributed by atoms with Crippen LogP contribution in [-0.2, 0) is 5.75 Å². The quantitative estimate of drug-likeness (QED) is 0.440. The maximum absolute atomic E-state index is 12.7. The standard InChI is InChI=1S/C26H29NOS/c1-5-25(23-11-8-19(3)20(4)16-23)27-26(28)22-12-9-21(10-13-22)17-29-24-14-6-18(2)7-15-24/h6-16,25H,5,17H2,1-4H3,(H,27,28). The van der Waals surface area contributed by atoms with Crippen LogP contribution >= 0.6 is 11.8 Å². The third kappa shape index (κ3) is 5.74. The summed E-state index contributed by atoms with van der Waals surface area (Å²) in [4.78, 5) is 14.0. The van der Waals surface area contributed by atoms with E-state index in [0.717, 1.165) is 17.7 Å². The number of rotatable bonds is 7. The summed E-state index contributed by atoms with van der Waals surface area (Å²) in [5, 5.41) is 3.18. The largest absolute Gasteiger partial charge is 0.345 e. The van der Waals surface area contributed by atoms with Gasteiger partial charge in [-0.2, -0.15) is 0 Å². The zero-order chi connectivity index (χ0) is 20.8. The molecule has 3 aromatic carbocycles. The average Bonchev–Trinajstić information content (AvgIpc) is 2.74. The van der Waals surface area contributed by atoms with Gasteiger partial charge in [-0.1, -0.05) is 55.0 Å². The molecule has 0 spiro atoms. The highest BCUT2D eigenvalue weighted by Gasteiger charge is 2.14. The van der Waals surface area contributed by atoms with E-state index in [9.17, 15) is 4.79 Å². The van der Waals surface area contributed by atoms with Crippen LogP contribution in [0.1, 0.15) is 57.6 Å². The van der Waals surface area contributed by atoms with Gasteiger partial charge in [0.15, 0.2) is 0 Å². The van der Waals surface area contributed by atoms with E-state index in [0.29, 0.717) is 5.56 Å². The maximum atomic E-state index is 12.7. The second-order valence-electron chi connectivity index (χ2n) is 7.58. The predicted octanol–water partition coefficient (Wildman–Crippen LogP) is 6.79. The van der Waals surface area contributed by atoms with Gasteiger partial charge < -0.3 is 5.32 Å². The van der Waals surface area contributed by atoms with Gasteiger partial charge in [-0.05, 0) is 73.7 Å². The van der Waals surface area contributed by atoms with Crippen molar-refractivity contribution >= 4 is 17.7 Å². The molecule has 0 saturated carbocycles. The minimum absolute atomic E-state index is 0.0205. The molecular weight excluding hydrogens is 374 g/mol. The molecule has 1 N–H and O–H groups in total. The van der Waals surface area contributed by atoms with Crippen LogP contribution in [0.15, 0.2) is 71.6 Å². The number of aryl methyl sites for hydroxylation is 3. The van der Waals surface area contributed by atoms with E-state index in [1.54, 1.807) is 0 Å². The molecule has 0 aromatic heterocycles. The van der Waals surface area contributed by atoms with E-state index in [2.05, 4.69) is 75.5 Å². The Kier molecular flexibility index (Phi) is 7.16. The Bertz CT molecular complexity index is 961. The molecule has 3 rings (SSSR count). The first-order valence-electron chi connectivity index (χ1n) is 10.1. The SMILES string of the molecule is CCC(NC(=O)c1ccc(CSc2ccc(C)cc2)cc1)c1ccc(C)c(C)c1. The third-order valence-electron chi connectivity index (χ3n) is 5.29. The van der Waals surface area contributed by atoms with Crippen LogP contribution in [0.2, 0.25) is 0 Å². The molecule has 0 aliphatic heterocycles. The molecule has 3 aromatic rings. The zero-order valence-corrected chi connectivity index (χ0v) is 18.5. The summed E-state index contributed by atoms with van der Waals surface area (Å²) in [7, 11) is 0. The molecule has 0 bridgehead atoms. The van der Waals surface area contributed by atoms with E-state index >= 15 is 0 Å². The Morgan fingerprint density at radius 1 is 0.897 bits per heavy atom. The summed E-state index contributed by atoms with van der Waals surface area (Å²) in [6.07, 6.45) is 0.861. The third-order valence-corrected chi connectivity index (χ3v) is 6.37. The molecule has 0 aliphatic carbocycles. The fraction of sp³-hybridized carbons (Fsp3) is 0.269. The number of hydrogen-bond donors (Lipinski definition) is 1. The van der Waals surface area contributed by atoms with E-state index in [4.69, 9.17) is 0 Å². The Labute approximate surface area is 178 Å². The monoisotopic (exact) mass is 403 g/mol. The van der Waals surface area contributed by atoms with Crippen LogP contribution in [-0.4, -0.2) is 5.91 Å². The first-order valence-corrected chi connectivity index (χ1v) is 11.1. The number of hydrogen-bond acceptors (Lipinski definition) is 2. The molecule has 0 fully saturated rings. The Balaban J connectivity index is 1.61. The maximum Gasteiger partial charge on any atom is 0.251 e. The fourth-order valence-corrected chi connectivity index (χ4v) is 4.05. The van der Waals surface area contributed by atoms with Crippen molar-refractivity contribution in [3.05, 3.63) is 100 Å². The molecule has 0 radical (unpaired) electrons. The molecule has 150 valence electrons. The van der Waals surface area contributed by atoms with Crippen molar-refractivity contribution in [1.29, 1.82) is 0 Å². The van der Waals surface area contributed by atoms with Crippen molar-refractivity contribution < 1.29 is 4.79 Å². The zero-order valence-electron chi connectivity index (χ0n) is 17.7. The number of benzene rings is 3. The van der Waals surface area contributed by atoms with Gasteiger partial charge in [0, 0.05) is 16.2 Å². The van der Waals surface area contributed by atoms with E-state index in [1.165, 1.54) is 27.1 Å². The van der Waals surface area contributed by atoms with Gasteiger partial charge >= 0.3 is 0 Å². The number of nitrogens with one attached hydrogen (secondary N) is 1. The highest BCUT2D eigenvalue weighted by molar-refractivity contribution is 7.98. The summed E-state index contributed by atoms with van der Waals surface area (Å²) in [5.41, 5.74) is 6.88. The normalized spacial score (nSPS) is 11.9. The van der Waals surface area contributed by atoms with Gasteiger partial charge in [0.2, 0.25) is 0 Å². The molecule has 1 amide bonds. The lowest BCUT2D eigenvalue weighted by molar-refractivity contribution is 0.0935. The van der Waals surface area contributed by atoms with Crippen LogP contribution in [0.4, 0.5) is 0 Å². The molecule has 29 heavy (non-hydrogen) atoms. The highest BCUT2D eigenvalue weighted by atomic mass is 32.2. The summed E-state index contributed by atoms with van der Waals surface area (Å²) in [6.45, 7) is 8.42. The van der Waals surface area contributed by atoms with Gasteiger partial charge in [-0.3, -0.25) is 4.79 Å². The van der Waals surface area contributed by atoms with Crippen LogP contribution < -0.4 is 5.32 Å². The first-order chi connectivity index (χ1) is 14.0. The number of thioether (sulfide) groups is 1. The average molecular weight is 404 g/mol. The Morgan fingerprint density at radius 3 is 2.21 bits per heavy atom. The smallest absolute Gasteiger partial charge is 0.251 e. The summed E-state index contributed by atoms with van der Waals surface area (Å²) in [5.74, 6) is 0.873.